The minimum Gasteiger partial charge on any atom is -0.512 e. The number of ether oxygens (including phenoxy) is 2. The summed E-state index contributed by atoms with van der Waals surface area (Å²) in [6.07, 6.45) is -4.60. The quantitative estimate of drug-likeness (QED) is 0.414. The van der Waals surface area contributed by atoms with Gasteiger partial charge in [0.05, 0.1) is 23.8 Å². The van der Waals surface area contributed by atoms with Crippen LogP contribution in [0.15, 0.2) is 41.7 Å². The fourth-order valence-electron chi connectivity index (χ4n) is 3.78. The largest absolute Gasteiger partial charge is 0.512 e. The predicted octanol–water partition coefficient (Wildman–Crippen LogP) is 0.285. The molecule has 0 spiro atoms. The van der Waals surface area contributed by atoms with Gasteiger partial charge < -0.3 is 35.4 Å². The number of cyclic esters (lactones) is 1. The molecule has 0 unspecified atom stereocenters. The van der Waals surface area contributed by atoms with Gasteiger partial charge in [0.2, 0.25) is 5.91 Å². The normalized spacial score (nSPS) is 28.8. The van der Waals surface area contributed by atoms with E-state index in [0.29, 0.717) is 0 Å². The standard InChI is InChI=1S/C21H26N2O8/c1-10(22-21(29)30-9-12-6-4-3-5-7-12)19(27)23-17-11(2)31-20(28)15-13(24)8-14(25)18(26)16(15)17/h3-7,10-11,14,16-18,24-26H,8-9H2,1-2H3,(H,22,29)(H,23,27)/t10-,11+,14+,16+,17-,18-/m1/s1. The van der Waals surface area contributed by atoms with Gasteiger partial charge in [-0.3, -0.25) is 4.79 Å². The number of nitrogens with one attached hydrogen (secondary N) is 2. The van der Waals surface area contributed by atoms with Gasteiger partial charge in [-0.1, -0.05) is 30.3 Å². The first kappa shape index (κ1) is 22.6. The highest BCUT2D eigenvalue weighted by molar-refractivity contribution is 5.92. The lowest BCUT2D eigenvalue weighted by Crippen LogP contribution is -2.62. The second-order valence-corrected chi connectivity index (χ2v) is 7.72. The Morgan fingerprint density at radius 1 is 1.26 bits per heavy atom. The molecule has 1 aliphatic heterocycles. The van der Waals surface area contributed by atoms with Crippen LogP contribution < -0.4 is 10.6 Å². The van der Waals surface area contributed by atoms with Crippen LogP contribution in [0.3, 0.4) is 0 Å². The van der Waals surface area contributed by atoms with Crippen molar-refractivity contribution in [1.82, 2.24) is 10.6 Å². The van der Waals surface area contributed by atoms with Crippen LogP contribution in [0, 0.1) is 5.92 Å². The molecule has 168 valence electrons. The topological polar surface area (TPSA) is 154 Å². The van der Waals surface area contributed by atoms with Crippen molar-refractivity contribution in [3.05, 3.63) is 47.2 Å². The van der Waals surface area contributed by atoms with Crippen LogP contribution in [0.4, 0.5) is 4.79 Å². The van der Waals surface area contributed by atoms with E-state index in [-0.39, 0.29) is 24.4 Å². The Morgan fingerprint density at radius 3 is 2.61 bits per heavy atom. The van der Waals surface area contributed by atoms with E-state index in [4.69, 9.17) is 9.47 Å². The number of hydrogen-bond acceptors (Lipinski definition) is 8. The molecule has 3 rings (SSSR count). The molecule has 5 N–H and O–H groups in total. The summed E-state index contributed by atoms with van der Waals surface area (Å²) in [5, 5.41) is 35.6. The molecule has 0 saturated carbocycles. The molecule has 1 fully saturated rings. The van der Waals surface area contributed by atoms with Gasteiger partial charge in [0, 0.05) is 12.3 Å². The third-order valence-corrected chi connectivity index (χ3v) is 5.46. The Kier molecular flexibility index (Phi) is 6.81. The van der Waals surface area contributed by atoms with E-state index in [0.717, 1.165) is 5.56 Å². The summed E-state index contributed by atoms with van der Waals surface area (Å²) in [5.41, 5.74) is 0.626. The van der Waals surface area contributed by atoms with Crippen molar-refractivity contribution in [1.29, 1.82) is 0 Å². The molecule has 1 aromatic carbocycles. The number of benzene rings is 1. The Balaban J connectivity index is 1.63. The number of amides is 2. The number of aliphatic hydroxyl groups is 3. The number of fused-ring (bicyclic) bond motifs is 1. The van der Waals surface area contributed by atoms with Gasteiger partial charge in [0.15, 0.2) is 0 Å². The maximum Gasteiger partial charge on any atom is 0.408 e. The third kappa shape index (κ3) is 4.97. The van der Waals surface area contributed by atoms with Crippen molar-refractivity contribution in [2.45, 2.75) is 57.3 Å². The number of alkyl carbamates (subject to hydrolysis) is 1. The number of carbonyl (C=O) groups is 3. The van der Waals surface area contributed by atoms with E-state index < -0.39 is 54.3 Å². The molecule has 0 aromatic heterocycles. The highest BCUT2D eigenvalue weighted by Gasteiger charge is 2.51. The molecule has 1 heterocycles. The summed E-state index contributed by atoms with van der Waals surface area (Å²) in [5.74, 6) is -2.85. The van der Waals surface area contributed by atoms with Crippen LogP contribution in [0.25, 0.3) is 0 Å². The van der Waals surface area contributed by atoms with Crippen molar-refractivity contribution in [3.63, 3.8) is 0 Å². The van der Waals surface area contributed by atoms with Gasteiger partial charge in [0.25, 0.3) is 0 Å². The van der Waals surface area contributed by atoms with Gasteiger partial charge in [-0.05, 0) is 19.4 Å². The summed E-state index contributed by atoms with van der Waals surface area (Å²) >= 11 is 0. The Bertz CT molecular complexity index is 871. The molecular weight excluding hydrogens is 408 g/mol. The van der Waals surface area contributed by atoms with Gasteiger partial charge >= 0.3 is 12.1 Å². The summed E-state index contributed by atoms with van der Waals surface area (Å²) in [4.78, 5) is 36.8. The zero-order chi connectivity index (χ0) is 22.7. The first-order valence-electron chi connectivity index (χ1n) is 9.95. The summed E-state index contributed by atoms with van der Waals surface area (Å²) in [6.45, 7) is 3.01. The number of rotatable bonds is 5. The average Bonchev–Trinajstić information content (AvgIpc) is 2.72. The van der Waals surface area contributed by atoms with E-state index in [2.05, 4.69) is 10.6 Å². The second kappa shape index (κ2) is 9.36. The van der Waals surface area contributed by atoms with Crippen molar-refractivity contribution in [2.24, 2.45) is 5.92 Å². The van der Waals surface area contributed by atoms with E-state index in [1.54, 1.807) is 12.1 Å². The molecule has 0 bridgehead atoms. The minimum absolute atomic E-state index is 0.0379. The number of esters is 1. The van der Waals surface area contributed by atoms with Gasteiger partial charge in [-0.15, -0.1) is 0 Å². The second-order valence-electron chi connectivity index (χ2n) is 7.72. The maximum absolute atomic E-state index is 12.6. The van der Waals surface area contributed by atoms with Crippen LogP contribution >= 0.6 is 0 Å². The molecule has 6 atom stereocenters. The number of hydrogen-bond donors (Lipinski definition) is 5. The SMILES string of the molecule is C[C@@H]1OC(=O)C2=C(O)C[C@H](O)[C@@H](O)[C@@H]2[C@@H]1NC(=O)[C@@H](C)NC(=O)OCc1ccccc1. The first-order valence-corrected chi connectivity index (χ1v) is 9.95. The van der Waals surface area contributed by atoms with Gasteiger partial charge in [-0.2, -0.15) is 0 Å². The van der Waals surface area contributed by atoms with Crippen molar-refractivity contribution >= 4 is 18.0 Å². The number of aliphatic hydroxyl groups excluding tert-OH is 3. The zero-order valence-corrected chi connectivity index (χ0v) is 17.1. The van der Waals surface area contributed by atoms with E-state index in [1.165, 1.54) is 13.8 Å². The molecule has 0 radical (unpaired) electrons. The molecule has 2 aliphatic rings. The third-order valence-electron chi connectivity index (χ3n) is 5.46. The summed E-state index contributed by atoms with van der Waals surface area (Å²) < 4.78 is 10.3. The van der Waals surface area contributed by atoms with E-state index in [9.17, 15) is 29.7 Å². The van der Waals surface area contributed by atoms with E-state index >= 15 is 0 Å². The fourth-order valence-corrected chi connectivity index (χ4v) is 3.78. The fraction of sp³-hybridized carbons (Fsp3) is 0.476. The lowest BCUT2D eigenvalue weighted by atomic mass is 9.74. The zero-order valence-electron chi connectivity index (χ0n) is 17.1. The van der Waals surface area contributed by atoms with Crippen LogP contribution in [0.5, 0.6) is 0 Å². The van der Waals surface area contributed by atoms with Crippen molar-refractivity contribution in [2.75, 3.05) is 0 Å². The Morgan fingerprint density at radius 2 is 1.94 bits per heavy atom. The Labute approximate surface area is 178 Å². The summed E-state index contributed by atoms with van der Waals surface area (Å²) in [6, 6.07) is 7.11. The van der Waals surface area contributed by atoms with E-state index in [1.807, 2.05) is 18.2 Å². The molecule has 1 aromatic rings. The predicted molar refractivity (Wildman–Crippen MR) is 106 cm³/mol. The lowest BCUT2D eigenvalue weighted by molar-refractivity contribution is -0.159. The molecule has 10 heteroatoms. The lowest BCUT2D eigenvalue weighted by Gasteiger charge is -2.43. The highest BCUT2D eigenvalue weighted by atomic mass is 16.6. The molecule has 10 nitrogen and oxygen atoms in total. The van der Waals surface area contributed by atoms with Gasteiger partial charge in [-0.25, -0.2) is 9.59 Å². The van der Waals surface area contributed by atoms with Crippen LogP contribution in [0.2, 0.25) is 0 Å². The Hall–Kier alpha value is -3.11. The molecule has 1 aliphatic carbocycles. The van der Waals surface area contributed by atoms with Gasteiger partial charge in [0.1, 0.15) is 24.5 Å². The molecule has 31 heavy (non-hydrogen) atoms. The smallest absolute Gasteiger partial charge is 0.408 e. The monoisotopic (exact) mass is 434 g/mol. The van der Waals surface area contributed by atoms with Crippen LogP contribution in [-0.2, 0) is 25.7 Å². The van der Waals surface area contributed by atoms with Crippen LogP contribution in [-0.4, -0.2) is 63.7 Å². The molecule has 2 amide bonds. The molecule has 1 saturated heterocycles. The summed E-state index contributed by atoms with van der Waals surface area (Å²) in [7, 11) is 0. The average molecular weight is 434 g/mol. The van der Waals surface area contributed by atoms with Crippen molar-refractivity contribution in [3.8, 4) is 0 Å². The minimum atomic E-state index is -1.38. The first-order chi connectivity index (χ1) is 14.7. The maximum atomic E-state index is 12.6. The highest BCUT2D eigenvalue weighted by Crippen LogP contribution is 2.37. The number of carbonyl (C=O) groups excluding carboxylic acids is 3. The van der Waals surface area contributed by atoms with Crippen molar-refractivity contribution < 1.29 is 39.2 Å². The van der Waals surface area contributed by atoms with Crippen LogP contribution in [0.1, 0.15) is 25.8 Å². The molecular formula is C21H26N2O8.